The Balaban J connectivity index is 3.36. The van der Waals surface area contributed by atoms with E-state index in [-0.39, 0.29) is 11.9 Å². The molecule has 0 aliphatic carbocycles. The molecular formula is C11H22N2O3S. The lowest BCUT2D eigenvalue weighted by molar-refractivity contribution is -0.141. The number of amides is 2. The number of rotatable bonds is 9. The van der Waals surface area contributed by atoms with Crippen molar-refractivity contribution in [1.29, 1.82) is 0 Å². The van der Waals surface area contributed by atoms with Crippen molar-refractivity contribution in [2.75, 3.05) is 25.1 Å². The van der Waals surface area contributed by atoms with Gasteiger partial charge in [0, 0.05) is 13.1 Å². The van der Waals surface area contributed by atoms with Crippen molar-refractivity contribution in [3.05, 3.63) is 0 Å². The number of carbonyl (C=O) groups excluding carboxylic acids is 1. The topological polar surface area (TPSA) is 78.4 Å². The van der Waals surface area contributed by atoms with Gasteiger partial charge < -0.3 is 15.7 Å². The van der Waals surface area contributed by atoms with Gasteiger partial charge in [0.25, 0.3) is 0 Å². The predicted molar refractivity (Wildman–Crippen MR) is 70.4 cm³/mol. The van der Waals surface area contributed by atoms with Crippen LogP contribution < -0.4 is 10.6 Å². The molecule has 17 heavy (non-hydrogen) atoms. The second-order valence-electron chi connectivity index (χ2n) is 3.91. The highest BCUT2D eigenvalue weighted by atomic mass is 32.2. The lowest BCUT2D eigenvalue weighted by Crippen LogP contribution is -2.36. The molecule has 0 rings (SSSR count). The Kier molecular flexibility index (Phi) is 9.71. The van der Waals surface area contributed by atoms with Crippen LogP contribution in [0.2, 0.25) is 0 Å². The Morgan fingerprint density at radius 3 is 2.35 bits per heavy atom. The summed E-state index contributed by atoms with van der Waals surface area (Å²) < 4.78 is 0. The Morgan fingerprint density at radius 1 is 1.24 bits per heavy atom. The maximum atomic E-state index is 11.2. The zero-order valence-corrected chi connectivity index (χ0v) is 11.3. The van der Waals surface area contributed by atoms with Crippen LogP contribution in [-0.4, -0.2) is 42.2 Å². The maximum absolute atomic E-state index is 11.2. The molecule has 0 saturated carbocycles. The van der Waals surface area contributed by atoms with Gasteiger partial charge in [0.15, 0.2) is 0 Å². The molecule has 0 bridgehead atoms. The summed E-state index contributed by atoms with van der Waals surface area (Å²) >= 11 is 1.75. The molecule has 0 aliphatic rings. The van der Waals surface area contributed by atoms with Crippen molar-refractivity contribution in [3.63, 3.8) is 0 Å². The van der Waals surface area contributed by atoms with Crippen molar-refractivity contribution in [3.8, 4) is 0 Å². The van der Waals surface area contributed by atoms with Crippen molar-refractivity contribution >= 4 is 23.8 Å². The molecule has 0 radical (unpaired) electrons. The van der Waals surface area contributed by atoms with E-state index in [1.54, 1.807) is 18.7 Å². The average Bonchev–Trinajstić information content (AvgIpc) is 2.29. The Morgan fingerprint density at radius 2 is 1.82 bits per heavy atom. The van der Waals surface area contributed by atoms with Gasteiger partial charge in [0.2, 0.25) is 0 Å². The number of carboxylic acids is 1. The van der Waals surface area contributed by atoms with Gasteiger partial charge in [-0.05, 0) is 31.3 Å². The van der Waals surface area contributed by atoms with Gasteiger partial charge in [0.05, 0.1) is 5.92 Å². The first-order valence-corrected chi connectivity index (χ1v) is 7.20. The molecule has 100 valence electrons. The van der Waals surface area contributed by atoms with Gasteiger partial charge in [-0.15, -0.1) is 0 Å². The van der Waals surface area contributed by atoms with E-state index in [0.717, 1.165) is 12.2 Å². The van der Waals surface area contributed by atoms with Crippen LogP contribution in [0.3, 0.4) is 0 Å². The smallest absolute Gasteiger partial charge is 0.314 e. The minimum Gasteiger partial charge on any atom is -0.481 e. The zero-order chi connectivity index (χ0) is 13.1. The summed E-state index contributed by atoms with van der Waals surface area (Å²) in [5, 5.41) is 14.1. The summed E-state index contributed by atoms with van der Waals surface area (Å²) in [5.41, 5.74) is 0. The fraction of sp³-hybridized carbons (Fsp3) is 0.818. The van der Waals surface area contributed by atoms with Gasteiger partial charge in [-0.3, -0.25) is 4.79 Å². The lowest BCUT2D eigenvalue weighted by atomic mass is 10.1. The monoisotopic (exact) mass is 262 g/mol. The van der Waals surface area contributed by atoms with E-state index in [0.29, 0.717) is 25.9 Å². The van der Waals surface area contributed by atoms with Gasteiger partial charge in [0.1, 0.15) is 0 Å². The van der Waals surface area contributed by atoms with Crippen LogP contribution >= 0.6 is 11.8 Å². The number of carbonyl (C=O) groups is 2. The minimum atomic E-state index is -0.786. The zero-order valence-electron chi connectivity index (χ0n) is 10.5. The number of aliphatic carboxylic acids is 1. The molecule has 0 fully saturated rings. The van der Waals surface area contributed by atoms with Crippen LogP contribution in [0.15, 0.2) is 0 Å². The minimum absolute atomic E-state index is 0.172. The van der Waals surface area contributed by atoms with Gasteiger partial charge in [-0.25, -0.2) is 4.79 Å². The molecule has 0 saturated heterocycles. The van der Waals surface area contributed by atoms with E-state index in [4.69, 9.17) is 5.11 Å². The molecular weight excluding hydrogens is 240 g/mol. The van der Waals surface area contributed by atoms with Gasteiger partial charge in [-0.2, -0.15) is 11.8 Å². The molecule has 3 N–H and O–H groups in total. The number of urea groups is 1. The average molecular weight is 262 g/mol. The normalized spacial score (nSPS) is 11.9. The molecule has 1 unspecified atom stereocenters. The van der Waals surface area contributed by atoms with Gasteiger partial charge >= 0.3 is 12.0 Å². The Hall–Kier alpha value is -0.910. The maximum Gasteiger partial charge on any atom is 0.314 e. The highest BCUT2D eigenvalue weighted by Crippen LogP contribution is 2.03. The fourth-order valence-electron chi connectivity index (χ4n) is 1.21. The molecule has 0 aliphatic heterocycles. The van der Waals surface area contributed by atoms with E-state index < -0.39 is 5.97 Å². The molecule has 0 spiro atoms. The van der Waals surface area contributed by atoms with Crippen LogP contribution in [0.4, 0.5) is 4.79 Å². The Bertz CT molecular complexity index is 237. The highest BCUT2D eigenvalue weighted by molar-refractivity contribution is 7.98. The van der Waals surface area contributed by atoms with E-state index in [1.165, 1.54) is 0 Å². The molecule has 6 heteroatoms. The van der Waals surface area contributed by atoms with Crippen molar-refractivity contribution in [1.82, 2.24) is 10.6 Å². The summed E-state index contributed by atoms with van der Waals surface area (Å²) in [6, 6.07) is -0.172. The fourth-order valence-corrected chi connectivity index (χ4v) is 1.65. The first-order chi connectivity index (χ1) is 8.07. The number of thioether (sulfide) groups is 1. The SMILES string of the molecule is CSCCCNC(=O)NCCCC(C)C(=O)O. The molecule has 0 aromatic rings. The van der Waals surface area contributed by atoms with Crippen LogP contribution in [0.1, 0.15) is 26.2 Å². The number of carboxylic acid groups (broad SMARTS) is 1. The van der Waals surface area contributed by atoms with Crippen molar-refractivity contribution in [2.24, 2.45) is 5.92 Å². The summed E-state index contributed by atoms with van der Waals surface area (Å²) in [6.07, 6.45) is 4.27. The Labute approximate surface area is 107 Å². The van der Waals surface area contributed by atoms with Crippen LogP contribution in [-0.2, 0) is 4.79 Å². The third-order valence-electron chi connectivity index (χ3n) is 2.33. The molecule has 0 aromatic heterocycles. The highest BCUT2D eigenvalue weighted by Gasteiger charge is 2.09. The largest absolute Gasteiger partial charge is 0.481 e. The summed E-state index contributed by atoms with van der Waals surface area (Å²) in [7, 11) is 0. The van der Waals surface area contributed by atoms with Crippen LogP contribution in [0.25, 0.3) is 0 Å². The van der Waals surface area contributed by atoms with Gasteiger partial charge in [-0.1, -0.05) is 6.92 Å². The summed E-state index contributed by atoms with van der Waals surface area (Å²) in [6.45, 7) is 2.87. The molecule has 5 nitrogen and oxygen atoms in total. The second kappa shape index (κ2) is 10.3. The van der Waals surface area contributed by atoms with E-state index in [9.17, 15) is 9.59 Å². The lowest BCUT2D eigenvalue weighted by Gasteiger charge is -2.08. The number of hydrogen-bond donors (Lipinski definition) is 3. The first kappa shape index (κ1) is 16.1. The standard InChI is InChI=1S/C11H22N2O3S/c1-9(10(14)15)5-3-6-12-11(16)13-7-4-8-17-2/h9H,3-8H2,1-2H3,(H,14,15)(H2,12,13,16). The predicted octanol–water partition coefficient (Wildman–Crippen LogP) is 1.54. The third-order valence-corrected chi connectivity index (χ3v) is 3.03. The van der Waals surface area contributed by atoms with Crippen molar-refractivity contribution < 1.29 is 14.7 Å². The van der Waals surface area contributed by atoms with Crippen molar-refractivity contribution in [2.45, 2.75) is 26.2 Å². The second-order valence-corrected chi connectivity index (χ2v) is 4.90. The molecule has 0 heterocycles. The van der Waals surface area contributed by atoms with Crippen LogP contribution in [0.5, 0.6) is 0 Å². The number of hydrogen-bond acceptors (Lipinski definition) is 3. The number of nitrogens with one attached hydrogen (secondary N) is 2. The third kappa shape index (κ3) is 9.99. The summed E-state index contributed by atoms with van der Waals surface area (Å²) in [5.74, 6) is -0.0934. The molecule has 2 amide bonds. The molecule has 0 aromatic carbocycles. The molecule has 1 atom stereocenters. The van der Waals surface area contributed by atoms with E-state index >= 15 is 0 Å². The van der Waals surface area contributed by atoms with E-state index in [2.05, 4.69) is 10.6 Å². The summed E-state index contributed by atoms with van der Waals surface area (Å²) in [4.78, 5) is 21.8. The first-order valence-electron chi connectivity index (χ1n) is 5.81. The quantitative estimate of drug-likeness (QED) is 0.551. The van der Waals surface area contributed by atoms with E-state index in [1.807, 2.05) is 6.26 Å². The van der Waals surface area contributed by atoms with Crippen LogP contribution in [0, 0.1) is 5.92 Å².